The first-order valence-electron chi connectivity index (χ1n) is 16.4. The van der Waals surface area contributed by atoms with Crippen molar-refractivity contribution in [3.8, 4) is 11.5 Å². The molecule has 0 unspecified atom stereocenters. The zero-order chi connectivity index (χ0) is 34.1. The normalized spacial score (nSPS) is 24.1. The number of amides is 2. The van der Waals surface area contributed by atoms with E-state index in [1.54, 1.807) is 14.2 Å². The summed E-state index contributed by atoms with van der Waals surface area (Å²) in [5.41, 5.74) is 3.98. The molecule has 8 rings (SSSR count). The van der Waals surface area contributed by atoms with Gasteiger partial charge in [0.25, 0.3) is 0 Å². The topological polar surface area (TPSA) is 72.9 Å². The summed E-state index contributed by atoms with van der Waals surface area (Å²) < 4.78 is 11.1. The van der Waals surface area contributed by atoms with Gasteiger partial charge in [-0.15, -0.1) is 0 Å². The largest absolute Gasteiger partial charge is 0.497 e. The van der Waals surface area contributed by atoms with E-state index in [4.69, 9.17) is 9.47 Å². The lowest BCUT2D eigenvalue weighted by Crippen LogP contribution is -2.45. The second kappa shape index (κ2) is 11.2. The molecule has 6 nitrogen and oxygen atoms in total. The molecule has 0 radical (unpaired) electrons. The van der Waals surface area contributed by atoms with Gasteiger partial charge in [-0.25, -0.2) is 4.90 Å². The molecule has 1 aliphatic heterocycles. The van der Waals surface area contributed by atoms with E-state index in [9.17, 15) is 0 Å². The Morgan fingerprint density at radius 3 is 1.35 bits per heavy atom. The van der Waals surface area contributed by atoms with Crippen molar-refractivity contribution in [1.29, 1.82) is 0 Å². The Kier molecular flexibility index (Phi) is 6.97. The van der Waals surface area contributed by atoms with Gasteiger partial charge in [0.05, 0.1) is 42.6 Å². The van der Waals surface area contributed by atoms with Crippen molar-refractivity contribution in [1.82, 2.24) is 0 Å². The number of carbonyl (C=O) groups excluding carboxylic acids is 3. The van der Waals surface area contributed by atoms with Crippen LogP contribution in [-0.2, 0) is 25.2 Å². The summed E-state index contributed by atoms with van der Waals surface area (Å²) in [5, 5.41) is 0. The fraction of sp³-hybridized carbons (Fsp3) is 0.186. The molecule has 49 heavy (non-hydrogen) atoms. The lowest BCUT2D eigenvalue weighted by molar-refractivity contribution is -0.130. The molecule has 1 saturated heterocycles. The van der Waals surface area contributed by atoms with Crippen molar-refractivity contribution in [2.24, 2.45) is 11.8 Å². The van der Waals surface area contributed by atoms with Gasteiger partial charge in [-0.05, 0) is 94.8 Å². The zero-order valence-electron chi connectivity index (χ0n) is 27.8. The van der Waals surface area contributed by atoms with E-state index in [1.165, 1.54) is 4.90 Å². The van der Waals surface area contributed by atoms with E-state index < -0.39 is 22.7 Å². The summed E-state index contributed by atoms with van der Waals surface area (Å²) in [6.07, 6.45) is 0. The van der Waals surface area contributed by atoms with Crippen LogP contribution in [0.1, 0.15) is 33.4 Å². The maximum atomic E-state index is 16.1. The van der Waals surface area contributed by atoms with Crippen molar-refractivity contribution >= 4 is 34.4 Å². The van der Waals surface area contributed by atoms with E-state index in [0.29, 0.717) is 28.3 Å². The minimum Gasteiger partial charge on any atom is -0.497 e. The van der Waals surface area contributed by atoms with Gasteiger partial charge in [0, 0.05) is 0 Å². The summed E-state index contributed by atoms with van der Waals surface area (Å²) in [5.74, 6) is -1.54. The Bertz CT molecular complexity index is 2040. The van der Waals surface area contributed by atoms with Crippen LogP contribution in [0.15, 0.2) is 127 Å². The highest BCUT2D eigenvalue weighted by Gasteiger charge is 2.82. The minimum absolute atomic E-state index is 0.162. The lowest BCUT2D eigenvalue weighted by Gasteiger charge is -2.39. The number of aryl methyl sites for hydroxylation is 2. The van der Waals surface area contributed by atoms with E-state index in [0.717, 1.165) is 33.4 Å². The Morgan fingerprint density at radius 2 is 0.959 bits per heavy atom. The number of methoxy groups -OCH3 is 2. The molecule has 1 saturated carbocycles. The third kappa shape index (κ3) is 3.97. The van der Waals surface area contributed by atoms with Gasteiger partial charge in [0.1, 0.15) is 11.5 Å². The highest BCUT2D eigenvalue weighted by atomic mass is 16.5. The van der Waals surface area contributed by atoms with Crippen molar-refractivity contribution in [2.75, 3.05) is 19.1 Å². The molecular formula is C43H35NO5. The second-order valence-corrected chi connectivity index (χ2v) is 13.1. The highest BCUT2D eigenvalue weighted by molar-refractivity contribution is 6.39. The average molecular weight is 646 g/mol. The van der Waals surface area contributed by atoms with Crippen LogP contribution in [-0.4, -0.2) is 31.8 Å². The Morgan fingerprint density at radius 1 is 0.531 bits per heavy atom. The van der Waals surface area contributed by atoms with E-state index in [-0.39, 0.29) is 17.6 Å². The number of fused-ring (bicyclic) bond motifs is 5. The van der Waals surface area contributed by atoms with Crippen molar-refractivity contribution in [3.63, 3.8) is 0 Å². The summed E-state index contributed by atoms with van der Waals surface area (Å²) in [4.78, 5) is 47.8. The van der Waals surface area contributed by atoms with Crippen LogP contribution in [0.3, 0.4) is 0 Å². The van der Waals surface area contributed by atoms with Crippen LogP contribution < -0.4 is 14.4 Å². The molecule has 0 N–H and O–H groups in total. The number of hydrogen-bond donors (Lipinski definition) is 0. The van der Waals surface area contributed by atoms with E-state index in [2.05, 4.69) is 0 Å². The smallest absolute Gasteiger partial charge is 0.239 e. The number of imide groups is 1. The molecule has 242 valence electrons. The monoisotopic (exact) mass is 645 g/mol. The predicted molar refractivity (Wildman–Crippen MR) is 189 cm³/mol. The number of nitrogens with zero attached hydrogens (tertiary/aromatic N) is 1. The molecule has 1 heterocycles. The van der Waals surface area contributed by atoms with Crippen LogP contribution in [0.2, 0.25) is 0 Å². The highest BCUT2D eigenvalue weighted by Crippen LogP contribution is 2.74. The molecule has 0 aromatic heterocycles. The quantitative estimate of drug-likeness (QED) is 0.171. The number of anilines is 1. The Hall–Kier alpha value is -5.75. The number of rotatable bonds is 7. The van der Waals surface area contributed by atoms with Gasteiger partial charge >= 0.3 is 0 Å². The molecular weight excluding hydrogens is 610 g/mol. The number of ketones is 1. The van der Waals surface area contributed by atoms with Crippen LogP contribution in [0.5, 0.6) is 11.5 Å². The molecule has 2 fully saturated rings. The molecule has 5 aromatic rings. The summed E-state index contributed by atoms with van der Waals surface area (Å²) in [6, 6.07) is 40.0. The van der Waals surface area contributed by atoms with Gasteiger partial charge in [-0.1, -0.05) is 91.0 Å². The van der Waals surface area contributed by atoms with Crippen LogP contribution in [0, 0.1) is 25.7 Å². The number of benzene rings is 5. The summed E-state index contributed by atoms with van der Waals surface area (Å²) in [7, 11) is 3.23. The molecule has 2 aliphatic carbocycles. The van der Waals surface area contributed by atoms with Gasteiger partial charge in [-0.3, -0.25) is 14.4 Å². The fourth-order valence-electron chi connectivity index (χ4n) is 8.76. The maximum Gasteiger partial charge on any atom is 0.239 e. The van der Waals surface area contributed by atoms with Crippen molar-refractivity contribution in [2.45, 2.75) is 24.7 Å². The molecule has 2 amide bonds. The minimum atomic E-state index is -1.48. The lowest BCUT2D eigenvalue weighted by atomic mass is 9.59. The molecule has 2 bridgehead atoms. The summed E-state index contributed by atoms with van der Waals surface area (Å²) >= 11 is 0. The molecule has 0 spiro atoms. The van der Waals surface area contributed by atoms with E-state index >= 15 is 14.4 Å². The first-order chi connectivity index (χ1) is 23.8. The van der Waals surface area contributed by atoms with Crippen LogP contribution in [0.25, 0.3) is 11.1 Å². The van der Waals surface area contributed by atoms with Gasteiger partial charge in [0.2, 0.25) is 11.8 Å². The Labute approximate surface area is 285 Å². The molecule has 6 heteroatoms. The maximum absolute atomic E-state index is 16.1. The van der Waals surface area contributed by atoms with Crippen LogP contribution >= 0.6 is 0 Å². The number of ether oxygens (including phenoxy) is 2. The summed E-state index contributed by atoms with van der Waals surface area (Å²) in [6.45, 7) is 3.97. The fourth-order valence-corrected chi connectivity index (χ4v) is 8.76. The second-order valence-electron chi connectivity index (χ2n) is 13.1. The molecule has 3 aliphatic rings. The zero-order valence-corrected chi connectivity index (χ0v) is 27.8. The van der Waals surface area contributed by atoms with Crippen molar-refractivity contribution < 1.29 is 23.9 Å². The third-order valence-electron chi connectivity index (χ3n) is 11.0. The van der Waals surface area contributed by atoms with Crippen molar-refractivity contribution in [3.05, 3.63) is 161 Å². The molecule has 4 atom stereocenters. The third-order valence-corrected chi connectivity index (χ3v) is 11.0. The van der Waals surface area contributed by atoms with E-state index in [1.807, 2.05) is 141 Å². The number of carbonyl (C=O) groups is 3. The Balaban J connectivity index is 1.54. The standard InChI is InChI=1S/C43H35NO5/c1-26-15-20-32(25-27(26)2)44-39(45)37-38(40(44)46)43(31-13-9-6-10-14-31)36(29-18-23-34(49-4)24-19-29)35(28-16-21-33(48-3)22-17-28)42(37,41(43)47)30-11-7-5-8-12-30/h5-25,37-38H,1-4H3/t37-,38-,42+,43+/m0/s1. The first-order valence-corrected chi connectivity index (χ1v) is 16.4. The first kappa shape index (κ1) is 30.6. The van der Waals surface area contributed by atoms with Gasteiger partial charge < -0.3 is 9.47 Å². The molecule has 5 aromatic carbocycles. The number of Topliss-reactive ketones (excluding diaryl/α,β-unsaturated/α-hetero) is 1. The van der Waals surface area contributed by atoms with Gasteiger partial charge in [0.15, 0.2) is 5.78 Å². The van der Waals surface area contributed by atoms with Crippen LogP contribution in [0.4, 0.5) is 5.69 Å². The SMILES string of the molecule is COc1ccc(C2=C(c3ccc(OC)cc3)[C@@]3(c4ccccc4)C(=O)[C@@]2(c2ccccc2)[C@@H]2C(=O)N(c4ccc(C)c(C)c4)C(=O)[C@H]23)cc1. The number of allylic oxidation sites excluding steroid dienone is 2. The average Bonchev–Trinajstić information content (AvgIpc) is 3.65. The van der Waals surface area contributed by atoms with Gasteiger partial charge in [-0.2, -0.15) is 0 Å². The number of hydrogen-bond acceptors (Lipinski definition) is 5. The predicted octanol–water partition coefficient (Wildman–Crippen LogP) is 7.51.